The molecule has 1 aliphatic heterocycles. The number of benzene rings is 1. The molecule has 1 aliphatic rings. The lowest BCUT2D eigenvalue weighted by atomic mass is 10.1. The van der Waals surface area contributed by atoms with Gasteiger partial charge in [-0.2, -0.15) is 0 Å². The van der Waals surface area contributed by atoms with Crippen molar-refractivity contribution >= 4 is 17.6 Å². The smallest absolute Gasteiger partial charge is 0.310 e. The lowest BCUT2D eigenvalue weighted by molar-refractivity contribution is -0.145. The van der Waals surface area contributed by atoms with Crippen molar-refractivity contribution in [2.75, 3.05) is 39.2 Å². The number of carbonyl (C=O) groups excluding carboxylic acids is 2. The molecule has 6 heteroatoms. The number of nitrogens with one attached hydrogen (secondary N) is 1. The number of rotatable bonds is 5. The Morgan fingerprint density at radius 2 is 2.00 bits per heavy atom. The number of amides is 1. The van der Waals surface area contributed by atoms with E-state index < -0.39 is 0 Å². The number of hydrogen-bond acceptors (Lipinski definition) is 5. The normalized spacial score (nSPS) is 18.3. The van der Waals surface area contributed by atoms with Crippen molar-refractivity contribution in [1.29, 1.82) is 0 Å². The molecular formula is C15H20N2O4. The van der Waals surface area contributed by atoms with E-state index in [0.29, 0.717) is 6.54 Å². The molecule has 0 bridgehead atoms. The van der Waals surface area contributed by atoms with E-state index in [2.05, 4.69) is 5.32 Å². The minimum absolute atomic E-state index is 0.0920. The Morgan fingerprint density at radius 3 is 2.62 bits per heavy atom. The van der Waals surface area contributed by atoms with Crippen molar-refractivity contribution in [3.63, 3.8) is 0 Å². The standard InChI is InChI=1S/C15H20N2O4/c1-20-13-5-3-12(4-6-13)16-14(18)10-17-8-7-11(9-17)15(19)21-2/h3-6,11H,7-10H2,1-2H3,(H,16,18). The second kappa shape index (κ2) is 7.08. The summed E-state index contributed by atoms with van der Waals surface area (Å²) in [5.41, 5.74) is 0.726. The molecule has 0 aliphatic carbocycles. The van der Waals surface area contributed by atoms with Gasteiger partial charge in [0, 0.05) is 12.2 Å². The first-order chi connectivity index (χ1) is 10.1. The van der Waals surface area contributed by atoms with Gasteiger partial charge in [-0.3, -0.25) is 14.5 Å². The van der Waals surface area contributed by atoms with E-state index >= 15 is 0 Å². The zero-order valence-corrected chi connectivity index (χ0v) is 12.3. The fourth-order valence-electron chi connectivity index (χ4n) is 2.41. The van der Waals surface area contributed by atoms with Crippen LogP contribution in [0.4, 0.5) is 5.69 Å². The van der Waals surface area contributed by atoms with E-state index in [0.717, 1.165) is 24.4 Å². The number of anilines is 1. The Labute approximate surface area is 124 Å². The fraction of sp³-hybridized carbons (Fsp3) is 0.467. The Hall–Kier alpha value is -2.08. The highest BCUT2D eigenvalue weighted by atomic mass is 16.5. The van der Waals surface area contributed by atoms with Crippen LogP contribution in [0.3, 0.4) is 0 Å². The molecule has 1 aromatic carbocycles. The Bertz CT molecular complexity index is 501. The molecule has 0 saturated carbocycles. The predicted octanol–water partition coefficient (Wildman–Crippen LogP) is 1.13. The fourth-order valence-corrected chi connectivity index (χ4v) is 2.41. The number of nitrogens with zero attached hydrogens (tertiary/aromatic N) is 1. The van der Waals surface area contributed by atoms with Gasteiger partial charge in [0.05, 0.1) is 26.7 Å². The number of methoxy groups -OCH3 is 2. The molecule has 1 fully saturated rings. The van der Waals surface area contributed by atoms with Crippen LogP contribution >= 0.6 is 0 Å². The van der Waals surface area contributed by atoms with Crippen molar-refractivity contribution in [3.8, 4) is 5.75 Å². The van der Waals surface area contributed by atoms with Crippen LogP contribution in [0.1, 0.15) is 6.42 Å². The molecule has 1 N–H and O–H groups in total. The molecule has 0 spiro atoms. The van der Waals surface area contributed by atoms with Gasteiger partial charge in [-0.1, -0.05) is 0 Å². The maximum absolute atomic E-state index is 12.0. The van der Waals surface area contributed by atoms with Gasteiger partial charge in [0.15, 0.2) is 0 Å². The summed E-state index contributed by atoms with van der Waals surface area (Å²) in [6, 6.07) is 7.16. The Balaban J connectivity index is 1.81. The topological polar surface area (TPSA) is 67.9 Å². The number of carbonyl (C=O) groups is 2. The lowest BCUT2D eigenvalue weighted by Crippen LogP contribution is -2.32. The maximum atomic E-state index is 12.0. The highest BCUT2D eigenvalue weighted by molar-refractivity contribution is 5.92. The number of ether oxygens (including phenoxy) is 2. The van der Waals surface area contributed by atoms with E-state index in [9.17, 15) is 9.59 Å². The van der Waals surface area contributed by atoms with Crippen molar-refractivity contribution in [2.45, 2.75) is 6.42 Å². The monoisotopic (exact) mass is 292 g/mol. The third-order valence-electron chi connectivity index (χ3n) is 3.55. The van der Waals surface area contributed by atoms with Crippen molar-refractivity contribution in [3.05, 3.63) is 24.3 Å². The van der Waals surface area contributed by atoms with Crippen molar-refractivity contribution < 1.29 is 19.1 Å². The van der Waals surface area contributed by atoms with Crippen molar-refractivity contribution in [1.82, 2.24) is 4.90 Å². The summed E-state index contributed by atoms with van der Waals surface area (Å²) in [4.78, 5) is 25.4. The van der Waals surface area contributed by atoms with E-state index in [4.69, 9.17) is 9.47 Å². The van der Waals surface area contributed by atoms with Gasteiger partial charge < -0.3 is 14.8 Å². The minimum atomic E-state index is -0.201. The second-order valence-corrected chi connectivity index (χ2v) is 5.02. The maximum Gasteiger partial charge on any atom is 0.310 e. The predicted molar refractivity (Wildman–Crippen MR) is 78.2 cm³/mol. The van der Waals surface area contributed by atoms with Gasteiger partial charge >= 0.3 is 5.97 Å². The SMILES string of the molecule is COC(=O)C1CCN(CC(=O)Nc2ccc(OC)cc2)C1. The molecule has 6 nitrogen and oxygen atoms in total. The molecular weight excluding hydrogens is 272 g/mol. The summed E-state index contributed by atoms with van der Waals surface area (Å²) in [5.74, 6) is 0.330. The summed E-state index contributed by atoms with van der Waals surface area (Å²) < 4.78 is 9.79. The van der Waals surface area contributed by atoms with E-state index in [1.54, 1.807) is 31.4 Å². The highest BCUT2D eigenvalue weighted by Crippen LogP contribution is 2.18. The van der Waals surface area contributed by atoms with E-state index in [-0.39, 0.29) is 24.3 Å². The largest absolute Gasteiger partial charge is 0.497 e. The minimum Gasteiger partial charge on any atom is -0.497 e. The summed E-state index contributed by atoms with van der Waals surface area (Å²) in [6.07, 6.45) is 0.739. The third kappa shape index (κ3) is 4.19. The summed E-state index contributed by atoms with van der Waals surface area (Å²) >= 11 is 0. The zero-order valence-electron chi connectivity index (χ0n) is 12.3. The van der Waals surface area contributed by atoms with Gasteiger partial charge in [0.25, 0.3) is 0 Å². The van der Waals surface area contributed by atoms with E-state index in [1.165, 1.54) is 7.11 Å². The van der Waals surface area contributed by atoms with Crippen molar-refractivity contribution in [2.24, 2.45) is 5.92 Å². The number of hydrogen-bond donors (Lipinski definition) is 1. The number of esters is 1. The summed E-state index contributed by atoms with van der Waals surface area (Å²) in [5, 5.41) is 2.83. The molecule has 21 heavy (non-hydrogen) atoms. The van der Waals surface area contributed by atoms with Crippen LogP contribution in [-0.2, 0) is 14.3 Å². The molecule has 114 valence electrons. The van der Waals surface area contributed by atoms with Gasteiger partial charge in [0.2, 0.25) is 5.91 Å². The van der Waals surface area contributed by atoms with Gasteiger partial charge in [-0.15, -0.1) is 0 Å². The molecule has 1 heterocycles. The van der Waals surface area contributed by atoms with Crippen LogP contribution in [0.2, 0.25) is 0 Å². The molecule has 1 saturated heterocycles. The molecule has 1 amide bonds. The number of likely N-dealkylation sites (tertiary alicyclic amines) is 1. The molecule has 0 aromatic heterocycles. The van der Waals surface area contributed by atoms with Crippen LogP contribution in [0.15, 0.2) is 24.3 Å². The van der Waals surface area contributed by atoms with Crippen LogP contribution in [0.25, 0.3) is 0 Å². The zero-order chi connectivity index (χ0) is 15.2. The Morgan fingerprint density at radius 1 is 1.29 bits per heavy atom. The van der Waals surface area contributed by atoms with Crippen LogP contribution in [0.5, 0.6) is 5.75 Å². The van der Waals surface area contributed by atoms with Gasteiger partial charge in [-0.05, 0) is 37.2 Å². The average Bonchev–Trinajstić information content (AvgIpc) is 2.95. The summed E-state index contributed by atoms with van der Waals surface area (Å²) in [6.45, 7) is 1.58. The molecule has 2 rings (SSSR count). The molecule has 0 radical (unpaired) electrons. The highest BCUT2D eigenvalue weighted by Gasteiger charge is 2.29. The van der Waals surface area contributed by atoms with Crippen LogP contribution in [-0.4, -0.2) is 50.6 Å². The quantitative estimate of drug-likeness (QED) is 0.824. The summed E-state index contributed by atoms with van der Waals surface area (Å²) in [7, 11) is 2.99. The Kier molecular flexibility index (Phi) is 5.16. The van der Waals surface area contributed by atoms with Crippen LogP contribution < -0.4 is 10.1 Å². The lowest BCUT2D eigenvalue weighted by Gasteiger charge is -2.15. The molecule has 1 atom stereocenters. The van der Waals surface area contributed by atoms with Gasteiger partial charge in [-0.25, -0.2) is 0 Å². The van der Waals surface area contributed by atoms with Crippen LogP contribution in [0, 0.1) is 5.92 Å². The van der Waals surface area contributed by atoms with E-state index in [1.807, 2.05) is 4.90 Å². The van der Waals surface area contributed by atoms with Gasteiger partial charge in [0.1, 0.15) is 5.75 Å². The first-order valence-corrected chi connectivity index (χ1v) is 6.86. The first-order valence-electron chi connectivity index (χ1n) is 6.86. The molecule has 1 unspecified atom stereocenters. The first kappa shape index (κ1) is 15.3. The average molecular weight is 292 g/mol. The third-order valence-corrected chi connectivity index (χ3v) is 3.55. The second-order valence-electron chi connectivity index (χ2n) is 5.02. The molecule has 1 aromatic rings.